The Kier molecular flexibility index (Phi) is 5.23. The predicted molar refractivity (Wildman–Crippen MR) is 102 cm³/mol. The third-order valence-electron chi connectivity index (χ3n) is 4.09. The van der Waals surface area contributed by atoms with Crippen LogP contribution < -0.4 is 10.1 Å². The van der Waals surface area contributed by atoms with Crippen LogP contribution in [0, 0.1) is 5.82 Å². The number of rotatable bonds is 5. The predicted octanol–water partition coefficient (Wildman–Crippen LogP) is 4.44. The van der Waals surface area contributed by atoms with Crippen molar-refractivity contribution in [3.63, 3.8) is 0 Å². The SMILES string of the molecule is O=C(Nc1cccc(Cl)c1F)c1cncc2nnc(-c3ccc(OC(F)F)cc3)n12. The van der Waals surface area contributed by atoms with E-state index in [1.807, 2.05) is 0 Å². The summed E-state index contributed by atoms with van der Waals surface area (Å²) in [4.78, 5) is 16.8. The Labute approximate surface area is 172 Å². The van der Waals surface area contributed by atoms with E-state index in [1.165, 1.54) is 59.3 Å². The molecule has 0 spiro atoms. The molecule has 0 aliphatic rings. The second-order valence-corrected chi connectivity index (χ2v) is 6.38. The number of fused-ring (bicyclic) bond motifs is 1. The molecule has 7 nitrogen and oxygen atoms in total. The van der Waals surface area contributed by atoms with Crippen molar-refractivity contribution in [2.75, 3.05) is 5.32 Å². The van der Waals surface area contributed by atoms with Crippen LogP contribution in [0.1, 0.15) is 10.5 Å². The minimum atomic E-state index is -2.95. The van der Waals surface area contributed by atoms with E-state index in [4.69, 9.17) is 11.6 Å². The summed E-state index contributed by atoms with van der Waals surface area (Å²) in [5.41, 5.74) is 0.669. The number of benzene rings is 2. The molecule has 0 saturated heterocycles. The maximum absolute atomic E-state index is 14.1. The first kappa shape index (κ1) is 19.6. The van der Waals surface area contributed by atoms with E-state index in [9.17, 15) is 18.0 Å². The molecule has 1 N–H and O–H groups in total. The van der Waals surface area contributed by atoms with E-state index in [-0.39, 0.29) is 33.6 Å². The normalized spacial score (nSPS) is 11.1. The molecule has 152 valence electrons. The monoisotopic (exact) mass is 433 g/mol. The Morgan fingerprint density at radius 2 is 1.87 bits per heavy atom. The first-order valence-electron chi connectivity index (χ1n) is 8.44. The van der Waals surface area contributed by atoms with Gasteiger partial charge in [-0.1, -0.05) is 17.7 Å². The molecule has 2 aromatic carbocycles. The number of nitrogens with zero attached hydrogens (tertiary/aromatic N) is 4. The van der Waals surface area contributed by atoms with Crippen molar-refractivity contribution in [2.24, 2.45) is 0 Å². The first-order chi connectivity index (χ1) is 14.4. The molecule has 0 radical (unpaired) electrons. The molecule has 2 aromatic heterocycles. The van der Waals surface area contributed by atoms with E-state index in [0.717, 1.165) is 0 Å². The third-order valence-corrected chi connectivity index (χ3v) is 4.38. The van der Waals surface area contributed by atoms with Crippen LogP contribution in [0.25, 0.3) is 17.0 Å². The summed E-state index contributed by atoms with van der Waals surface area (Å²) in [5.74, 6) is -1.22. The number of hydrogen-bond donors (Lipinski definition) is 1. The van der Waals surface area contributed by atoms with Gasteiger partial charge in [-0.2, -0.15) is 8.78 Å². The van der Waals surface area contributed by atoms with Crippen molar-refractivity contribution in [3.05, 3.63) is 71.4 Å². The molecule has 0 atom stereocenters. The van der Waals surface area contributed by atoms with Crippen LogP contribution in [-0.4, -0.2) is 32.1 Å². The van der Waals surface area contributed by atoms with Crippen LogP contribution in [0.5, 0.6) is 5.75 Å². The van der Waals surface area contributed by atoms with Crippen LogP contribution in [-0.2, 0) is 0 Å². The summed E-state index contributed by atoms with van der Waals surface area (Å²) >= 11 is 5.75. The van der Waals surface area contributed by atoms with Gasteiger partial charge in [0.15, 0.2) is 17.3 Å². The number of alkyl halides is 2. The van der Waals surface area contributed by atoms with Crippen molar-refractivity contribution < 1.29 is 22.7 Å². The van der Waals surface area contributed by atoms with E-state index in [2.05, 4.69) is 25.2 Å². The van der Waals surface area contributed by atoms with Crippen molar-refractivity contribution in [3.8, 4) is 17.1 Å². The minimum Gasteiger partial charge on any atom is -0.435 e. The van der Waals surface area contributed by atoms with Crippen LogP contribution in [0.15, 0.2) is 54.9 Å². The summed E-state index contributed by atoms with van der Waals surface area (Å²) in [6.07, 6.45) is 2.66. The highest BCUT2D eigenvalue weighted by Crippen LogP contribution is 2.25. The average Bonchev–Trinajstić information content (AvgIpc) is 3.16. The zero-order chi connectivity index (χ0) is 21.3. The molecule has 1 amide bonds. The molecule has 0 aliphatic heterocycles. The molecule has 0 fully saturated rings. The molecule has 0 bridgehead atoms. The fraction of sp³-hybridized carbons (Fsp3) is 0.0526. The maximum Gasteiger partial charge on any atom is 0.387 e. The third kappa shape index (κ3) is 3.77. The smallest absolute Gasteiger partial charge is 0.387 e. The number of halogens is 4. The number of aromatic nitrogens is 4. The van der Waals surface area contributed by atoms with Gasteiger partial charge in [0.1, 0.15) is 11.4 Å². The molecular weight excluding hydrogens is 423 g/mol. The Balaban J connectivity index is 1.72. The highest BCUT2D eigenvalue weighted by Gasteiger charge is 2.19. The summed E-state index contributed by atoms with van der Waals surface area (Å²) in [7, 11) is 0. The number of ether oxygens (including phenoxy) is 1. The lowest BCUT2D eigenvalue weighted by Gasteiger charge is -2.10. The second-order valence-electron chi connectivity index (χ2n) is 5.97. The first-order valence-corrected chi connectivity index (χ1v) is 8.81. The molecule has 0 unspecified atom stereocenters. The fourth-order valence-corrected chi connectivity index (χ4v) is 2.94. The molecular formula is C19H11ClF3N5O2. The fourth-order valence-electron chi connectivity index (χ4n) is 2.77. The Morgan fingerprint density at radius 1 is 1.10 bits per heavy atom. The van der Waals surface area contributed by atoms with Crippen LogP contribution in [0.4, 0.5) is 18.9 Å². The number of hydrogen-bond acceptors (Lipinski definition) is 5. The lowest BCUT2D eigenvalue weighted by atomic mass is 10.2. The molecule has 2 heterocycles. The number of amides is 1. The van der Waals surface area contributed by atoms with Crippen LogP contribution in [0.2, 0.25) is 5.02 Å². The molecule has 30 heavy (non-hydrogen) atoms. The van der Waals surface area contributed by atoms with E-state index >= 15 is 0 Å². The average molecular weight is 434 g/mol. The Bertz CT molecular complexity index is 1230. The van der Waals surface area contributed by atoms with Gasteiger partial charge in [-0.05, 0) is 36.4 Å². The zero-order valence-electron chi connectivity index (χ0n) is 14.9. The highest BCUT2D eigenvalue weighted by molar-refractivity contribution is 6.31. The van der Waals surface area contributed by atoms with Gasteiger partial charge >= 0.3 is 6.61 Å². The highest BCUT2D eigenvalue weighted by atomic mass is 35.5. The number of carbonyl (C=O) groups is 1. The lowest BCUT2D eigenvalue weighted by Crippen LogP contribution is -2.17. The summed E-state index contributed by atoms with van der Waals surface area (Å²) in [5, 5.41) is 10.3. The van der Waals surface area contributed by atoms with Crippen molar-refractivity contribution in [1.82, 2.24) is 19.6 Å². The van der Waals surface area contributed by atoms with Crippen molar-refractivity contribution >= 4 is 28.8 Å². The van der Waals surface area contributed by atoms with Gasteiger partial charge in [0.05, 0.1) is 23.1 Å². The quantitative estimate of drug-likeness (QED) is 0.503. The largest absolute Gasteiger partial charge is 0.435 e. The number of carbonyl (C=O) groups excluding carboxylic acids is 1. The Hall–Kier alpha value is -3.66. The lowest BCUT2D eigenvalue weighted by molar-refractivity contribution is -0.0498. The van der Waals surface area contributed by atoms with Crippen molar-refractivity contribution in [1.29, 1.82) is 0 Å². The van der Waals surface area contributed by atoms with Gasteiger partial charge in [0, 0.05) is 5.56 Å². The molecule has 11 heteroatoms. The summed E-state index contributed by atoms with van der Waals surface area (Å²) < 4.78 is 44.6. The standard InChI is InChI=1S/C19H11ClF3N5O2/c20-12-2-1-3-13(16(12)21)25-18(29)14-8-24-9-15-26-27-17(28(14)15)10-4-6-11(7-5-10)30-19(22)23/h1-9,19H,(H,25,29). The van der Waals surface area contributed by atoms with Gasteiger partial charge in [-0.3, -0.25) is 14.2 Å². The van der Waals surface area contributed by atoms with Crippen LogP contribution >= 0.6 is 11.6 Å². The molecule has 0 aliphatic carbocycles. The van der Waals surface area contributed by atoms with E-state index in [0.29, 0.717) is 5.56 Å². The van der Waals surface area contributed by atoms with Crippen molar-refractivity contribution in [2.45, 2.75) is 6.61 Å². The van der Waals surface area contributed by atoms with Gasteiger partial charge < -0.3 is 10.1 Å². The van der Waals surface area contributed by atoms with Gasteiger partial charge in [0.2, 0.25) is 0 Å². The summed E-state index contributed by atoms with van der Waals surface area (Å²) in [6.45, 7) is -2.95. The maximum atomic E-state index is 14.1. The topological polar surface area (TPSA) is 81.4 Å². The van der Waals surface area contributed by atoms with Crippen LogP contribution in [0.3, 0.4) is 0 Å². The zero-order valence-corrected chi connectivity index (χ0v) is 15.6. The van der Waals surface area contributed by atoms with E-state index in [1.54, 1.807) is 0 Å². The minimum absolute atomic E-state index is 0.0276. The molecule has 0 saturated carbocycles. The van der Waals surface area contributed by atoms with E-state index < -0.39 is 18.3 Å². The van der Waals surface area contributed by atoms with Gasteiger partial charge in [-0.15, -0.1) is 10.2 Å². The molecule has 4 rings (SSSR count). The number of anilines is 1. The number of nitrogens with one attached hydrogen (secondary N) is 1. The molecule has 4 aromatic rings. The Morgan fingerprint density at radius 3 is 2.60 bits per heavy atom. The van der Waals surface area contributed by atoms with Gasteiger partial charge in [-0.25, -0.2) is 4.39 Å². The van der Waals surface area contributed by atoms with Gasteiger partial charge in [0.25, 0.3) is 5.91 Å². The summed E-state index contributed by atoms with van der Waals surface area (Å²) in [6, 6.07) is 9.87. The second kappa shape index (κ2) is 7.99.